The van der Waals surface area contributed by atoms with Gasteiger partial charge in [-0.3, -0.25) is 13.9 Å². The summed E-state index contributed by atoms with van der Waals surface area (Å²) in [5.41, 5.74) is 1.42. The molecule has 0 saturated carbocycles. The van der Waals surface area contributed by atoms with Gasteiger partial charge in [0.05, 0.1) is 0 Å². The van der Waals surface area contributed by atoms with E-state index in [1.807, 2.05) is 25.5 Å². The first kappa shape index (κ1) is 19.4. The van der Waals surface area contributed by atoms with Gasteiger partial charge in [0, 0.05) is 34.2 Å². The molecular formula is C19H30N6O2. The normalized spacial score (nSPS) is 17.3. The quantitative estimate of drug-likeness (QED) is 0.785. The minimum Gasteiger partial charge on any atom is -0.345 e. The monoisotopic (exact) mass is 374 g/mol. The summed E-state index contributed by atoms with van der Waals surface area (Å²) in [6, 6.07) is 0. The molecule has 1 fully saturated rings. The fourth-order valence-electron chi connectivity index (χ4n) is 3.72. The highest BCUT2D eigenvalue weighted by molar-refractivity contribution is 5.74. The summed E-state index contributed by atoms with van der Waals surface area (Å²) < 4.78 is 4.54. The number of nitrogens with zero attached hydrogens (tertiary/aromatic N) is 5. The molecule has 1 saturated heterocycles. The molecule has 1 N–H and O–H groups in total. The summed E-state index contributed by atoms with van der Waals surface area (Å²) in [5, 5.41) is 3.44. The van der Waals surface area contributed by atoms with Gasteiger partial charge in [0.25, 0.3) is 5.56 Å². The summed E-state index contributed by atoms with van der Waals surface area (Å²) in [6.45, 7) is 7.55. The molecule has 0 spiro atoms. The van der Waals surface area contributed by atoms with Crippen LogP contribution in [0.3, 0.4) is 0 Å². The fraction of sp³-hybridized carbons (Fsp3) is 0.632. The lowest BCUT2D eigenvalue weighted by molar-refractivity contribution is 0.379. The molecule has 8 nitrogen and oxygen atoms in total. The van der Waals surface area contributed by atoms with Crippen LogP contribution in [0.4, 0.5) is 5.95 Å². The Morgan fingerprint density at radius 3 is 2.67 bits per heavy atom. The minimum atomic E-state index is -0.356. The lowest BCUT2D eigenvalue weighted by Gasteiger charge is -2.28. The number of hydrogen-bond acceptors (Lipinski definition) is 5. The van der Waals surface area contributed by atoms with Crippen LogP contribution in [0.5, 0.6) is 0 Å². The van der Waals surface area contributed by atoms with Crippen molar-refractivity contribution in [3.63, 3.8) is 0 Å². The van der Waals surface area contributed by atoms with Crippen molar-refractivity contribution < 1.29 is 0 Å². The van der Waals surface area contributed by atoms with Crippen molar-refractivity contribution in [3.05, 3.63) is 32.5 Å². The Hall–Kier alpha value is -2.35. The predicted octanol–water partition coefficient (Wildman–Crippen LogP) is 0.836. The number of anilines is 1. The molecule has 27 heavy (non-hydrogen) atoms. The third-order valence-electron chi connectivity index (χ3n) is 5.28. The number of rotatable bonds is 5. The van der Waals surface area contributed by atoms with Crippen LogP contribution in [0.2, 0.25) is 0 Å². The Balaban J connectivity index is 2.12. The Morgan fingerprint density at radius 2 is 2.04 bits per heavy atom. The van der Waals surface area contributed by atoms with Crippen LogP contribution in [0.15, 0.2) is 21.2 Å². The summed E-state index contributed by atoms with van der Waals surface area (Å²) in [6.07, 6.45) is 4.44. The summed E-state index contributed by atoms with van der Waals surface area (Å²) in [7, 11) is 5.19. The van der Waals surface area contributed by atoms with E-state index >= 15 is 0 Å². The van der Waals surface area contributed by atoms with Crippen molar-refractivity contribution >= 4 is 17.1 Å². The minimum absolute atomic E-state index is 0.304. The summed E-state index contributed by atoms with van der Waals surface area (Å²) in [4.78, 5) is 32.0. The Morgan fingerprint density at radius 1 is 1.30 bits per heavy atom. The number of aromatic nitrogens is 4. The van der Waals surface area contributed by atoms with Crippen molar-refractivity contribution in [2.75, 3.05) is 31.6 Å². The number of fused-ring (bicyclic) bond motifs is 1. The molecule has 3 heterocycles. The van der Waals surface area contributed by atoms with Gasteiger partial charge in [-0.05, 0) is 45.7 Å². The maximum Gasteiger partial charge on any atom is 0.332 e. The van der Waals surface area contributed by atoms with Gasteiger partial charge >= 0.3 is 5.69 Å². The van der Waals surface area contributed by atoms with Crippen LogP contribution in [0.1, 0.15) is 26.7 Å². The van der Waals surface area contributed by atoms with Crippen LogP contribution in [-0.4, -0.2) is 45.4 Å². The second-order valence-electron chi connectivity index (χ2n) is 7.77. The highest BCUT2D eigenvalue weighted by Crippen LogP contribution is 2.21. The second-order valence-corrected chi connectivity index (χ2v) is 7.77. The van der Waals surface area contributed by atoms with Crippen molar-refractivity contribution in [2.24, 2.45) is 20.0 Å². The molecule has 0 aliphatic carbocycles. The first-order valence-corrected chi connectivity index (χ1v) is 9.52. The molecule has 0 amide bonds. The van der Waals surface area contributed by atoms with Crippen LogP contribution in [0.25, 0.3) is 11.2 Å². The van der Waals surface area contributed by atoms with E-state index in [4.69, 9.17) is 4.98 Å². The molecule has 1 aliphatic heterocycles. The summed E-state index contributed by atoms with van der Waals surface area (Å²) >= 11 is 0. The van der Waals surface area contributed by atoms with Crippen LogP contribution in [0, 0.1) is 5.92 Å². The van der Waals surface area contributed by atoms with E-state index in [0.29, 0.717) is 23.6 Å². The lowest BCUT2D eigenvalue weighted by Crippen LogP contribution is -2.38. The van der Waals surface area contributed by atoms with Gasteiger partial charge < -0.3 is 14.8 Å². The SMILES string of the molecule is CC(C)=CCn1c(N(C)CC2CCCNC2)nc2c1c(=O)n(C)c(=O)n2C. The van der Waals surface area contributed by atoms with Crippen molar-refractivity contribution in [3.8, 4) is 0 Å². The molecular weight excluding hydrogens is 344 g/mol. The maximum atomic E-state index is 12.8. The molecule has 0 radical (unpaired) electrons. The van der Waals surface area contributed by atoms with E-state index in [-0.39, 0.29) is 11.2 Å². The van der Waals surface area contributed by atoms with Gasteiger partial charge in [-0.15, -0.1) is 0 Å². The number of imidazole rings is 1. The fourth-order valence-corrected chi connectivity index (χ4v) is 3.72. The highest BCUT2D eigenvalue weighted by atomic mass is 16.2. The van der Waals surface area contributed by atoms with Crippen LogP contribution >= 0.6 is 0 Å². The highest BCUT2D eigenvalue weighted by Gasteiger charge is 2.23. The Labute approximate surface area is 159 Å². The molecule has 2 aromatic heterocycles. The molecule has 0 aromatic carbocycles. The molecule has 1 atom stereocenters. The topological polar surface area (TPSA) is 77.1 Å². The van der Waals surface area contributed by atoms with Crippen LogP contribution in [-0.2, 0) is 20.6 Å². The molecule has 148 valence electrons. The van der Waals surface area contributed by atoms with E-state index in [1.54, 1.807) is 7.05 Å². The molecule has 8 heteroatoms. The number of aryl methyl sites for hydroxylation is 1. The van der Waals surface area contributed by atoms with E-state index in [2.05, 4.69) is 16.3 Å². The average Bonchev–Trinajstić information content (AvgIpc) is 3.03. The second kappa shape index (κ2) is 7.72. The van der Waals surface area contributed by atoms with E-state index < -0.39 is 0 Å². The molecule has 3 rings (SSSR count). The van der Waals surface area contributed by atoms with Crippen molar-refractivity contribution in [2.45, 2.75) is 33.2 Å². The number of allylic oxidation sites excluding steroid dienone is 2. The first-order chi connectivity index (χ1) is 12.8. The van der Waals surface area contributed by atoms with Gasteiger partial charge in [-0.25, -0.2) is 4.79 Å². The average molecular weight is 374 g/mol. The van der Waals surface area contributed by atoms with Crippen LogP contribution < -0.4 is 21.5 Å². The standard InChI is InChI=1S/C19H30N6O2/c1-13(2)8-10-25-15-16(23(4)19(27)24(5)17(15)26)21-18(25)22(3)12-14-7-6-9-20-11-14/h8,14,20H,6-7,9-12H2,1-5H3. The Kier molecular flexibility index (Phi) is 5.55. The zero-order valence-electron chi connectivity index (χ0n) is 16.9. The van der Waals surface area contributed by atoms with Gasteiger partial charge in [0.1, 0.15) is 0 Å². The number of hydrogen-bond donors (Lipinski definition) is 1. The number of nitrogens with one attached hydrogen (secondary N) is 1. The third-order valence-corrected chi connectivity index (χ3v) is 5.28. The first-order valence-electron chi connectivity index (χ1n) is 9.52. The van der Waals surface area contributed by atoms with E-state index in [9.17, 15) is 9.59 Å². The van der Waals surface area contributed by atoms with Crippen molar-refractivity contribution in [1.29, 1.82) is 0 Å². The van der Waals surface area contributed by atoms with E-state index in [0.717, 1.165) is 30.1 Å². The van der Waals surface area contributed by atoms with Gasteiger partial charge in [0.15, 0.2) is 11.2 Å². The zero-order valence-corrected chi connectivity index (χ0v) is 16.9. The number of piperidine rings is 1. The zero-order chi connectivity index (χ0) is 19.7. The van der Waals surface area contributed by atoms with Gasteiger partial charge in [0.2, 0.25) is 5.95 Å². The molecule has 2 aromatic rings. The third kappa shape index (κ3) is 3.71. The smallest absolute Gasteiger partial charge is 0.332 e. The molecule has 1 aliphatic rings. The molecule has 1 unspecified atom stereocenters. The predicted molar refractivity (Wildman–Crippen MR) is 109 cm³/mol. The Bertz CT molecular complexity index is 971. The lowest BCUT2D eigenvalue weighted by atomic mass is 9.99. The molecule has 0 bridgehead atoms. The van der Waals surface area contributed by atoms with Gasteiger partial charge in [-0.1, -0.05) is 11.6 Å². The van der Waals surface area contributed by atoms with Crippen molar-refractivity contribution in [1.82, 2.24) is 24.0 Å². The summed E-state index contributed by atoms with van der Waals surface area (Å²) in [5.74, 6) is 1.28. The maximum absolute atomic E-state index is 12.8. The largest absolute Gasteiger partial charge is 0.345 e. The van der Waals surface area contributed by atoms with Gasteiger partial charge in [-0.2, -0.15) is 4.98 Å². The van der Waals surface area contributed by atoms with E-state index in [1.165, 1.54) is 30.0 Å².